The molecule has 12 heteroatoms. The predicted molar refractivity (Wildman–Crippen MR) is 133 cm³/mol. The third kappa shape index (κ3) is 3.77. The average molecular weight is 561 g/mol. The number of ketones is 2. The van der Waals surface area contributed by atoms with Crippen molar-refractivity contribution in [1.29, 1.82) is 0 Å². The maximum absolute atomic E-state index is 14.1. The number of carbonyl (C=O) groups is 3. The van der Waals surface area contributed by atoms with E-state index < -0.39 is 94.8 Å². The van der Waals surface area contributed by atoms with Crippen LogP contribution in [0, 0.1) is 0 Å². The molecule has 0 saturated carbocycles. The lowest BCUT2D eigenvalue weighted by Crippen LogP contribution is -2.67. The fourth-order valence-corrected chi connectivity index (χ4v) is 7.00. The number of Topliss-reactive ketones (excluding diaryl/α,β-unsaturated/α-hetero) is 2. The van der Waals surface area contributed by atoms with Gasteiger partial charge in [0.05, 0.1) is 60.3 Å². The third-order valence-electron chi connectivity index (χ3n) is 8.97. The van der Waals surface area contributed by atoms with Gasteiger partial charge in [-0.3, -0.25) is 14.4 Å². The molecule has 7 rings (SSSR count). The number of carboxylic acids is 1. The van der Waals surface area contributed by atoms with Crippen molar-refractivity contribution >= 4 is 17.5 Å². The van der Waals surface area contributed by atoms with E-state index in [-0.39, 0.29) is 41.5 Å². The Balaban J connectivity index is 1.43. The molecule has 0 unspecified atom stereocenters. The molecule has 40 heavy (non-hydrogen) atoms. The Morgan fingerprint density at radius 3 is 2.40 bits per heavy atom. The minimum atomic E-state index is -2.07. The first-order valence-electron chi connectivity index (χ1n) is 13.5. The molecule has 0 spiro atoms. The molecule has 1 aromatic carbocycles. The van der Waals surface area contributed by atoms with Gasteiger partial charge in [0.15, 0.2) is 17.9 Å². The fourth-order valence-electron chi connectivity index (χ4n) is 7.00. The lowest BCUT2D eigenvalue weighted by atomic mass is 9.63. The van der Waals surface area contributed by atoms with Gasteiger partial charge in [-0.1, -0.05) is 0 Å². The minimum absolute atomic E-state index is 0.0358. The number of aliphatic hydroxyl groups excluding tert-OH is 1. The average Bonchev–Trinajstić information content (AvgIpc) is 2.87. The Morgan fingerprint density at radius 2 is 1.73 bits per heavy atom. The highest BCUT2D eigenvalue weighted by atomic mass is 16.7. The van der Waals surface area contributed by atoms with Crippen molar-refractivity contribution in [2.24, 2.45) is 0 Å². The Morgan fingerprint density at radius 1 is 1.02 bits per heavy atom. The number of carboxylic acid groups (broad SMARTS) is 1. The van der Waals surface area contributed by atoms with Crippen LogP contribution in [0.25, 0.3) is 0 Å². The molecule has 0 radical (unpaired) electrons. The number of phenolic OH excluding ortho intramolecular Hbond substituents is 2. The Bertz CT molecular complexity index is 1350. The molecular formula is C28H32O12. The number of carbonyl (C=O) groups excluding carboxylic acids is 2. The molecule has 2 aliphatic carbocycles. The fraction of sp³-hybridized carbons (Fsp3) is 0.607. The van der Waals surface area contributed by atoms with E-state index in [2.05, 4.69) is 0 Å². The first kappa shape index (κ1) is 27.3. The number of fused-ring (bicyclic) bond motifs is 4. The normalized spacial score (nSPS) is 38.6. The van der Waals surface area contributed by atoms with Crippen molar-refractivity contribution in [3.8, 4) is 11.5 Å². The highest BCUT2D eigenvalue weighted by molar-refractivity contribution is 6.30. The molecule has 9 atom stereocenters. The molecule has 2 fully saturated rings. The molecule has 4 heterocycles. The molecule has 0 aromatic heterocycles. The van der Waals surface area contributed by atoms with Crippen LogP contribution in [-0.4, -0.2) is 91.6 Å². The Kier molecular flexibility index (Phi) is 6.37. The summed E-state index contributed by atoms with van der Waals surface area (Å²) in [5.74, 6) is -3.76. The summed E-state index contributed by atoms with van der Waals surface area (Å²) in [6.45, 7) is 4.83. The number of hydrogen-bond donors (Lipinski definition) is 5. The lowest BCUT2D eigenvalue weighted by Gasteiger charge is -2.54. The van der Waals surface area contributed by atoms with E-state index in [4.69, 9.17) is 18.9 Å². The molecule has 4 aliphatic heterocycles. The second-order valence-corrected chi connectivity index (χ2v) is 11.4. The number of aromatic hydroxyl groups is 2. The maximum atomic E-state index is 14.1. The smallest absolute Gasteiger partial charge is 0.305 e. The summed E-state index contributed by atoms with van der Waals surface area (Å²) in [4.78, 5) is 39.3. The van der Waals surface area contributed by atoms with E-state index in [1.807, 2.05) is 0 Å². The van der Waals surface area contributed by atoms with Crippen molar-refractivity contribution in [2.45, 2.75) is 107 Å². The van der Waals surface area contributed by atoms with Gasteiger partial charge in [0.2, 0.25) is 0 Å². The summed E-state index contributed by atoms with van der Waals surface area (Å²) in [5.41, 5.74) is -3.00. The van der Waals surface area contributed by atoms with Crippen molar-refractivity contribution < 1.29 is 58.9 Å². The molecule has 1 aromatic rings. The van der Waals surface area contributed by atoms with Gasteiger partial charge < -0.3 is 44.5 Å². The number of aliphatic hydroxyl groups is 2. The van der Waals surface area contributed by atoms with Crippen LogP contribution in [0.3, 0.4) is 0 Å². The molecule has 216 valence electrons. The van der Waals surface area contributed by atoms with Crippen LogP contribution in [0.2, 0.25) is 0 Å². The topological polar surface area (TPSA) is 189 Å². The van der Waals surface area contributed by atoms with Crippen molar-refractivity contribution in [3.63, 3.8) is 0 Å². The van der Waals surface area contributed by atoms with Crippen LogP contribution in [-0.2, 0) is 30.2 Å². The zero-order chi connectivity index (χ0) is 28.8. The van der Waals surface area contributed by atoms with Crippen LogP contribution in [0.15, 0.2) is 11.1 Å². The summed E-state index contributed by atoms with van der Waals surface area (Å²) < 4.78 is 23.6. The van der Waals surface area contributed by atoms with Gasteiger partial charge in [0, 0.05) is 41.5 Å². The number of rotatable bonds is 4. The van der Waals surface area contributed by atoms with Crippen LogP contribution in [0.4, 0.5) is 0 Å². The van der Waals surface area contributed by atoms with E-state index in [0.29, 0.717) is 12.8 Å². The number of aliphatic carboxylic acids is 1. The molecule has 6 aliphatic rings. The van der Waals surface area contributed by atoms with E-state index in [0.717, 1.165) is 0 Å². The van der Waals surface area contributed by atoms with E-state index in [1.54, 1.807) is 20.8 Å². The molecule has 5 N–H and O–H groups in total. The second kappa shape index (κ2) is 9.33. The van der Waals surface area contributed by atoms with Crippen LogP contribution in [0.5, 0.6) is 11.5 Å². The summed E-state index contributed by atoms with van der Waals surface area (Å²) in [6.07, 6.45) is -6.08. The van der Waals surface area contributed by atoms with Gasteiger partial charge in [0.1, 0.15) is 17.1 Å². The zero-order valence-electron chi connectivity index (χ0n) is 22.2. The van der Waals surface area contributed by atoms with E-state index in [9.17, 15) is 39.9 Å². The van der Waals surface area contributed by atoms with Gasteiger partial charge in [-0.2, -0.15) is 0 Å². The highest BCUT2D eigenvalue weighted by Gasteiger charge is 2.63. The molecule has 0 amide bonds. The van der Waals surface area contributed by atoms with Crippen molar-refractivity contribution in [1.82, 2.24) is 0 Å². The maximum Gasteiger partial charge on any atom is 0.305 e. The first-order valence-corrected chi connectivity index (χ1v) is 13.5. The molecule has 2 saturated heterocycles. The lowest BCUT2D eigenvalue weighted by molar-refractivity contribution is -0.291. The van der Waals surface area contributed by atoms with Crippen molar-refractivity contribution in [2.75, 3.05) is 0 Å². The number of phenols is 2. The summed E-state index contributed by atoms with van der Waals surface area (Å²) >= 11 is 0. The third-order valence-corrected chi connectivity index (χ3v) is 8.97. The SMILES string of the molecule is C[C@@H]1O[C@@H](O[C@@H]2C[C@@H]3O[C@H](C)[C@]2(O)C2=C3C(=O)c3c(O)c4c(c(O)c3C2=O)[C@@H](C)O[C@@H](CC(=O)O)C4)CC[C@@H]1O. The van der Waals surface area contributed by atoms with Gasteiger partial charge in [0.25, 0.3) is 0 Å². The van der Waals surface area contributed by atoms with Gasteiger partial charge in [-0.25, -0.2) is 0 Å². The summed E-state index contributed by atoms with van der Waals surface area (Å²) in [5, 5.41) is 53.9. The van der Waals surface area contributed by atoms with Crippen molar-refractivity contribution in [3.05, 3.63) is 33.4 Å². The van der Waals surface area contributed by atoms with Gasteiger partial charge in [-0.05, 0) is 27.2 Å². The standard InChI is InChI=1S/C28H32O12/c1-9-14(29)4-5-18(38-9)40-16-8-15-20-23(28(16,36)11(3)39-15)27(35)22-21(26(20)34)24(32)13-6-12(7-17(30)31)37-10(2)19(13)25(22)33/h9-12,14-16,18,29,32-33,36H,4-8H2,1-3H3,(H,30,31)/t9-,10+,11+,12+,14-,15-,16+,18-,28+/m0/s1. The van der Waals surface area contributed by atoms with Crippen LogP contribution >= 0.6 is 0 Å². The monoisotopic (exact) mass is 560 g/mol. The summed E-state index contributed by atoms with van der Waals surface area (Å²) in [7, 11) is 0. The molecule has 2 bridgehead atoms. The number of hydrogen-bond acceptors (Lipinski definition) is 11. The first-order chi connectivity index (χ1) is 18.8. The second-order valence-electron chi connectivity index (χ2n) is 11.4. The quantitative estimate of drug-likeness (QED) is 0.334. The van der Waals surface area contributed by atoms with E-state index >= 15 is 0 Å². The number of ether oxygens (including phenoxy) is 4. The predicted octanol–water partition coefficient (Wildman–Crippen LogP) is 1.44. The van der Waals surface area contributed by atoms with Crippen LogP contribution in [0.1, 0.15) is 84.4 Å². The Labute approximate surface area is 229 Å². The largest absolute Gasteiger partial charge is 0.507 e. The van der Waals surface area contributed by atoms with Gasteiger partial charge in [-0.15, -0.1) is 0 Å². The minimum Gasteiger partial charge on any atom is -0.507 e. The van der Waals surface area contributed by atoms with Crippen LogP contribution < -0.4 is 0 Å². The number of benzene rings is 1. The van der Waals surface area contributed by atoms with Gasteiger partial charge >= 0.3 is 5.97 Å². The highest BCUT2D eigenvalue weighted by Crippen LogP contribution is 2.55. The summed E-state index contributed by atoms with van der Waals surface area (Å²) in [6, 6.07) is 0. The molecular weight excluding hydrogens is 528 g/mol. The Hall–Kier alpha value is -2.87. The zero-order valence-corrected chi connectivity index (χ0v) is 22.2. The van der Waals surface area contributed by atoms with E-state index in [1.165, 1.54) is 0 Å². The molecule has 12 nitrogen and oxygen atoms in total.